The highest BCUT2D eigenvalue weighted by atomic mass is 35.5. The van der Waals surface area contributed by atoms with E-state index < -0.39 is 6.29 Å². The largest absolute Gasteiger partial charge is 0.395 e. The lowest BCUT2D eigenvalue weighted by molar-refractivity contribution is -0.0458. The van der Waals surface area contributed by atoms with Crippen molar-refractivity contribution in [2.75, 3.05) is 44.2 Å². The molecule has 106 valence electrons. The van der Waals surface area contributed by atoms with Gasteiger partial charge in [0.05, 0.1) is 6.61 Å². The molecular formula is C11H17ClN4O3. The van der Waals surface area contributed by atoms with Crippen LogP contribution in [0, 0.1) is 0 Å². The first kappa shape index (κ1) is 14.4. The summed E-state index contributed by atoms with van der Waals surface area (Å²) in [6.07, 6.45) is -0.430. The number of aliphatic hydroxyl groups is 3. The van der Waals surface area contributed by atoms with E-state index in [4.69, 9.17) is 26.9 Å². The van der Waals surface area contributed by atoms with Gasteiger partial charge in [-0.2, -0.15) is 0 Å². The highest BCUT2D eigenvalue weighted by Crippen LogP contribution is 2.28. The molecule has 0 spiro atoms. The summed E-state index contributed by atoms with van der Waals surface area (Å²) in [5, 5.41) is 27.4. The van der Waals surface area contributed by atoms with E-state index in [-0.39, 0.29) is 17.3 Å². The molecule has 0 radical (unpaired) electrons. The Labute approximate surface area is 116 Å². The number of hydrogen-bond acceptors (Lipinski definition) is 7. The Balaban J connectivity index is 2.09. The molecule has 1 aliphatic heterocycles. The van der Waals surface area contributed by atoms with Crippen LogP contribution in [0.2, 0.25) is 5.02 Å². The number of hydrogen-bond donors (Lipinski definition) is 3. The highest BCUT2D eigenvalue weighted by Gasteiger charge is 2.22. The van der Waals surface area contributed by atoms with E-state index >= 15 is 0 Å². The lowest BCUT2D eigenvalue weighted by Crippen LogP contribution is -2.47. The van der Waals surface area contributed by atoms with Crippen LogP contribution in [0.5, 0.6) is 0 Å². The first-order valence-electron chi connectivity index (χ1n) is 6.08. The standard InChI is InChI=1S/C11H17ClN4O3/c12-8-9(11(18)19)13-7-14-10(8)16-3-1-15(2-4-16)5-6-17/h7,11,17-19H,1-6H2. The van der Waals surface area contributed by atoms with Crippen molar-refractivity contribution >= 4 is 17.4 Å². The molecule has 0 bridgehead atoms. The van der Waals surface area contributed by atoms with Gasteiger partial charge in [-0.05, 0) is 0 Å². The monoisotopic (exact) mass is 288 g/mol. The Morgan fingerprint density at radius 2 is 1.89 bits per heavy atom. The third kappa shape index (κ3) is 3.31. The van der Waals surface area contributed by atoms with Crippen LogP contribution in [0.25, 0.3) is 0 Å². The van der Waals surface area contributed by atoms with Crippen LogP contribution in [-0.2, 0) is 0 Å². The number of β-amino-alcohol motifs (C(OH)–C–C–N with tert-alkyl or cyclic N) is 1. The predicted octanol–water partition coefficient (Wildman–Crippen LogP) is -0.773. The van der Waals surface area contributed by atoms with Gasteiger partial charge in [0.15, 0.2) is 12.1 Å². The van der Waals surface area contributed by atoms with Crippen molar-refractivity contribution < 1.29 is 15.3 Å². The summed E-state index contributed by atoms with van der Waals surface area (Å²) in [4.78, 5) is 12.0. The minimum atomic E-state index is -1.70. The molecule has 0 amide bonds. The van der Waals surface area contributed by atoms with Crippen molar-refractivity contribution in [3.8, 4) is 0 Å². The summed E-state index contributed by atoms with van der Waals surface area (Å²) in [6.45, 7) is 3.85. The van der Waals surface area contributed by atoms with E-state index in [2.05, 4.69) is 14.9 Å². The van der Waals surface area contributed by atoms with Gasteiger partial charge in [0, 0.05) is 32.7 Å². The minimum Gasteiger partial charge on any atom is -0.395 e. The lowest BCUT2D eigenvalue weighted by atomic mass is 10.3. The Hall–Kier alpha value is -0.990. The van der Waals surface area contributed by atoms with E-state index in [0.29, 0.717) is 12.4 Å². The molecule has 0 unspecified atom stereocenters. The van der Waals surface area contributed by atoms with Crippen molar-refractivity contribution in [3.63, 3.8) is 0 Å². The van der Waals surface area contributed by atoms with Crippen LogP contribution in [0.1, 0.15) is 12.0 Å². The third-order valence-corrected chi connectivity index (χ3v) is 3.49. The second-order valence-electron chi connectivity index (χ2n) is 4.32. The molecule has 8 heteroatoms. The molecule has 2 heterocycles. The topological polar surface area (TPSA) is 93.0 Å². The lowest BCUT2D eigenvalue weighted by Gasteiger charge is -2.35. The van der Waals surface area contributed by atoms with Crippen LogP contribution in [0.15, 0.2) is 6.33 Å². The van der Waals surface area contributed by atoms with E-state index in [9.17, 15) is 0 Å². The highest BCUT2D eigenvalue weighted by molar-refractivity contribution is 6.33. The number of anilines is 1. The zero-order valence-corrected chi connectivity index (χ0v) is 11.2. The van der Waals surface area contributed by atoms with Crippen LogP contribution in [0.3, 0.4) is 0 Å². The molecule has 0 saturated carbocycles. The quantitative estimate of drug-likeness (QED) is 0.626. The molecule has 1 aliphatic rings. The summed E-state index contributed by atoms with van der Waals surface area (Å²) in [5.74, 6) is 0.517. The van der Waals surface area contributed by atoms with Gasteiger partial charge in [-0.15, -0.1) is 0 Å². The first-order valence-corrected chi connectivity index (χ1v) is 6.46. The molecule has 0 aromatic carbocycles. The molecule has 0 atom stereocenters. The SMILES string of the molecule is OCCN1CCN(c2ncnc(C(O)O)c2Cl)CC1. The maximum atomic E-state index is 9.17. The fourth-order valence-corrected chi connectivity index (χ4v) is 2.41. The summed E-state index contributed by atoms with van der Waals surface area (Å²) in [7, 11) is 0. The molecule has 19 heavy (non-hydrogen) atoms. The number of nitrogens with zero attached hydrogens (tertiary/aromatic N) is 4. The minimum absolute atomic E-state index is 0.0180. The van der Waals surface area contributed by atoms with Crippen LogP contribution >= 0.6 is 11.6 Å². The predicted molar refractivity (Wildman–Crippen MR) is 70.0 cm³/mol. The molecule has 1 aromatic heterocycles. The number of aromatic nitrogens is 2. The average Bonchev–Trinajstić information content (AvgIpc) is 2.40. The molecule has 7 nitrogen and oxygen atoms in total. The van der Waals surface area contributed by atoms with Crippen LogP contribution in [-0.4, -0.2) is 69.5 Å². The van der Waals surface area contributed by atoms with E-state index in [1.807, 2.05) is 4.90 Å². The van der Waals surface area contributed by atoms with Crippen molar-refractivity contribution in [2.24, 2.45) is 0 Å². The molecule has 2 rings (SSSR count). The zero-order valence-electron chi connectivity index (χ0n) is 10.4. The number of aliphatic hydroxyl groups excluding tert-OH is 2. The van der Waals surface area contributed by atoms with Crippen LogP contribution in [0.4, 0.5) is 5.82 Å². The van der Waals surface area contributed by atoms with Gasteiger partial charge in [-0.1, -0.05) is 11.6 Å². The van der Waals surface area contributed by atoms with Crippen LogP contribution < -0.4 is 4.90 Å². The van der Waals surface area contributed by atoms with Crippen molar-refractivity contribution in [1.82, 2.24) is 14.9 Å². The summed E-state index contributed by atoms with van der Waals surface area (Å²) < 4.78 is 0. The second kappa shape index (κ2) is 6.44. The maximum absolute atomic E-state index is 9.17. The summed E-state index contributed by atoms with van der Waals surface area (Å²) in [6, 6.07) is 0. The molecule has 3 N–H and O–H groups in total. The molecule has 1 aromatic rings. The van der Waals surface area contributed by atoms with Gasteiger partial charge in [0.1, 0.15) is 17.0 Å². The molecule has 0 aliphatic carbocycles. The number of halogens is 1. The zero-order chi connectivity index (χ0) is 13.8. The van der Waals surface area contributed by atoms with Crippen molar-refractivity contribution in [1.29, 1.82) is 0 Å². The first-order chi connectivity index (χ1) is 9.13. The maximum Gasteiger partial charge on any atom is 0.197 e. The number of rotatable bonds is 4. The molecule has 1 fully saturated rings. The van der Waals surface area contributed by atoms with Gasteiger partial charge in [-0.25, -0.2) is 9.97 Å². The summed E-state index contributed by atoms with van der Waals surface area (Å²) >= 11 is 6.09. The summed E-state index contributed by atoms with van der Waals surface area (Å²) in [5.41, 5.74) is 0.0180. The van der Waals surface area contributed by atoms with Crippen molar-refractivity contribution in [3.05, 3.63) is 17.0 Å². The number of piperazine rings is 1. The smallest absolute Gasteiger partial charge is 0.197 e. The molecule has 1 saturated heterocycles. The fourth-order valence-electron chi connectivity index (χ4n) is 2.10. The Kier molecular flexibility index (Phi) is 4.89. The van der Waals surface area contributed by atoms with Gasteiger partial charge >= 0.3 is 0 Å². The van der Waals surface area contributed by atoms with Gasteiger partial charge in [-0.3, -0.25) is 4.90 Å². The molecular weight excluding hydrogens is 272 g/mol. The fraction of sp³-hybridized carbons (Fsp3) is 0.636. The second-order valence-corrected chi connectivity index (χ2v) is 4.70. The average molecular weight is 289 g/mol. The van der Waals surface area contributed by atoms with E-state index in [0.717, 1.165) is 26.2 Å². The van der Waals surface area contributed by atoms with Gasteiger partial charge in [0.25, 0.3) is 0 Å². The van der Waals surface area contributed by atoms with E-state index in [1.54, 1.807) is 0 Å². The normalized spacial score (nSPS) is 17.2. The van der Waals surface area contributed by atoms with Crippen molar-refractivity contribution in [2.45, 2.75) is 6.29 Å². The van der Waals surface area contributed by atoms with Gasteiger partial charge in [0.2, 0.25) is 0 Å². The van der Waals surface area contributed by atoms with E-state index in [1.165, 1.54) is 6.33 Å². The Morgan fingerprint density at radius 1 is 1.21 bits per heavy atom. The third-order valence-electron chi connectivity index (χ3n) is 3.13. The van der Waals surface area contributed by atoms with Gasteiger partial charge < -0.3 is 20.2 Å². The Morgan fingerprint density at radius 3 is 2.47 bits per heavy atom. The Bertz CT molecular complexity index is 424.